The number of nitrogens with zero attached hydrogens (tertiary/aromatic N) is 1. The fourth-order valence-electron chi connectivity index (χ4n) is 2.64. The molecular weight excluding hydrogens is 342 g/mol. The zero-order chi connectivity index (χ0) is 13.1. The molecule has 0 bridgehead atoms. The van der Waals surface area contributed by atoms with Crippen molar-refractivity contribution in [2.75, 3.05) is 23.7 Å². The van der Waals surface area contributed by atoms with E-state index in [1.54, 1.807) is 12.1 Å². The van der Waals surface area contributed by atoms with Crippen LogP contribution in [0.25, 0.3) is 0 Å². The minimum absolute atomic E-state index is 0.170. The molecule has 18 heavy (non-hydrogen) atoms. The van der Waals surface area contributed by atoms with E-state index in [0.717, 1.165) is 24.7 Å². The van der Waals surface area contributed by atoms with E-state index >= 15 is 0 Å². The van der Waals surface area contributed by atoms with E-state index in [4.69, 9.17) is 5.73 Å². The van der Waals surface area contributed by atoms with Crippen molar-refractivity contribution >= 4 is 34.0 Å². The number of nitrogens with two attached hydrogens (primary N) is 1. The lowest BCUT2D eigenvalue weighted by Gasteiger charge is -2.24. The Hall–Kier alpha value is -0.520. The Kier molecular flexibility index (Phi) is 4.70. The highest BCUT2D eigenvalue weighted by atomic mass is 127. The third kappa shape index (κ3) is 3.08. The van der Waals surface area contributed by atoms with Crippen LogP contribution in [0.15, 0.2) is 12.1 Å². The molecule has 100 valence electrons. The maximum atomic E-state index is 13.7. The predicted molar refractivity (Wildman–Crippen MR) is 83.4 cm³/mol. The van der Waals surface area contributed by atoms with E-state index in [0.29, 0.717) is 9.26 Å². The molecule has 0 aliphatic carbocycles. The van der Waals surface area contributed by atoms with Gasteiger partial charge in [-0.25, -0.2) is 4.39 Å². The Morgan fingerprint density at radius 3 is 2.89 bits per heavy atom. The van der Waals surface area contributed by atoms with Gasteiger partial charge < -0.3 is 10.6 Å². The van der Waals surface area contributed by atoms with Gasteiger partial charge in [0.15, 0.2) is 0 Å². The highest BCUT2D eigenvalue weighted by molar-refractivity contribution is 14.1. The van der Waals surface area contributed by atoms with Crippen molar-refractivity contribution in [1.29, 1.82) is 0 Å². The van der Waals surface area contributed by atoms with E-state index in [1.165, 1.54) is 25.7 Å². The molecule has 0 amide bonds. The maximum Gasteiger partial charge on any atom is 0.138 e. The number of hydrogen-bond acceptors (Lipinski definition) is 2. The second-order valence-electron chi connectivity index (χ2n) is 5.02. The van der Waals surface area contributed by atoms with Gasteiger partial charge in [0.1, 0.15) is 5.82 Å². The van der Waals surface area contributed by atoms with E-state index < -0.39 is 0 Å². The standard InChI is InChI=1S/C14H20FIN2/c1-2-10-4-3-6-18(7-5-10)14-8-11(15)12(16)9-13(14)17/h8-10H,2-7,17H2,1H3. The summed E-state index contributed by atoms with van der Waals surface area (Å²) in [6.07, 6.45) is 4.87. The molecule has 1 aliphatic heterocycles. The van der Waals surface area contributed by atoms with E-state index in [1.807, 2.05) is 22.6 Å². The zero-order valence-electron chi connectivity index (χ0n) is 10.8. The molecule has 1 aromatic rings. The molecule has 0 saturated carbocycles. The molecule has 1 aromatic carbocycles. The van der Waals surface area contributed by atoms with E-state index in [2.05, 4.69) is 11.8 Å². The molecule has 2 N–H and O–H groups in total. The lowest BCUT2D eigenvalue weighted by atomic mass is 9.98. The molecule has 0 spiro atoms. The molecule has 1 fully saturated rings. The summed E-state index contributed by atoms with van der Waals surface area (Å²) in [7, 11) is 0. The summed E-state index contributed by atoms with van der Waals surface area (Å²) >= 11 is 1.98. The summed E-state index contributed by atoms with van der Waals surface area (Å²) in [5.74, 6) is 0.640. The van der Waals surface area contributed by atoms with Gasteiger partial charge in [-0.2, -0.15) is 0 Å². The van der Waals surface area contributed by atoms with Crippen LogP contribution in [0.2, 0.25) is 0 Å². The Morgan fingerprint density at radius 1 is 1.39 bits per heavy atom. The second kappa shape index (κ2) is 6.08. The molecule has 1 saturated heterocycles. The summed E-state index contributed by atoms with van der Waals surface area (Å²) in [6.45, 7) is 4.22. The Morgan fingerprint density at radius 2 is 2.17 bits per heavy atom. The minimum atomic E-state index is -0.170. The molecule has 0 aromatic heterocycles. The zero-order valence-corrected chi connectivity index (χ0v) is 12.9. The molecule has 1 unspecified atom stereocenters. The lowest BCUT2D eigenvalue weighted by molar-refractivity contribution is 0.459. The predicted octanol–water partition coefficient (Wildman–Crippen LogP) is 4.03. The third-order valence-corrected chi connectivity index (χ3v) is 4.66. The van der Waals surface area contributed by atoms with Gasteiger partial charge in [0.2, 0.25) is 0 Å². The summed E-state index contributed by atoms with van der Waals surface area (Å²) in [5.41, 5.74) is 7.58. The average molecular weight is 362 g/mol. The molecule has 1 atom stereocenters. The topological polar surface area (TPSA) is 29.3 Å². The number of rotatable bonds is 2. The number of hydrogen-bond donors (Lipinski definition) is 1. The van der Waals surface area contributed by atoms with Crippen LogP contribution in [0, 0.1) is 15.3 Å². The molecule has 2 rings (SSSR count). The van der Waals surface area contributed by atoms with Crippen LogP contribution in [0.5, 0.6) is 0 Å². The van der Waals surface area contributed by atoms with Crippen molar-refractivity contribution in [3.63, 3.8) is 0 Å². The van der Waals surface area contributed by atoms with Crippen LogP contribution in [0.3, 0.4) is 0 Å². The summed E-state index contributed by atoms with van der Waals surface area (Å²) in [6, 6.07) is 3.32. The van der Waals surface area contributed by atoms with Crippen molar-refractivity contribution in [2.45, 2.75) is 32.6 Å². The first-order valence-corrected chi connectivity index (χ1v) is 7.69. The van der Waals surface area contributed by atoms with Gasteiger partial charge in [-0.15, -0.1) is 0 Å². The maximum absolute atomic E-state index is 13.7. The molecule has 0 radical (unpaired) electrons. The van der Waals surface area contributed by atoms with Crippen molar-refractivity contribution in [3.05, 3.63) is 21.5 Å². The van der Waals surface area contributed by atoms with E-state index in [-0.39, 0.29) is 5.82 Å². The molecule has 1 aliphatic rings. The number of benzene rings is 1. The fraction of sp³-hybridized carbons (Fsp3) is 0.571. The van der Waals surface area contributed by atoms with Gasteiger partial charge >= 0.3 is 0 Å². The largest absolute Gasteiger partial charge is 0.397 e. The van der Waals surface area contributed by atoms with Crippen molar-refractivity contribution in [3.8, 4) is 0 Å². The van der Waals surface area contributed by atoms with Gasteiger partial charge in [-0.1, -0.05) is 13.3 Å². The monoisotopic (exact) mass is 362 g/mol. The Balaban J connectivity index is 2.18. The summed E-state index contributed by atoms with van der Waals surface area (Å²) in [5, 5.41) is 0. The third-order valence-electron chi connectivity index (χ3n) is 3.84. The van der Waals surface area contributed by atoms with Gasteiger partial charge in [0.05, 0.1) is 14.9 Å². The van der Waals surface area contributed by atoms with E-state index in [9.17, 15) is 4.39 Å². The van der Waals surface area contributed by atoms with Crippen molar-refractivity contribution in [1.82, 2.24) is 0 Å². The number of halogens is 2. The first-order valence-electron chi connectivity index (χ1n) is 6.61. The molecular formula is C14H20FIN2. The molecule has 1 heterocycles. The van der Waals surface area contributed by atoms with Gasteiger partial charge in [-0.05, 0) is 53.8 Å². The highest BCUT2D eigenvalue weighted by Gasteiger charge is 2.18. The normalized spacial score (nSPS) is 20.8. The number of nitrogen functional groups attached to an aromatic ring is 1. The first kappa shape index (κ1) is 13.9. The van der Waals surface area contributed by atoms with Crippen LogP contribution in [0.1, 0.15) is 32.6 Å². The van der Waals surface area contributed by atoms with Gasteiger partial charge in [0, 0.05) is 19.2 Å². The van der Waals surface area contributed by atoms with Crippen molar-refractivity contribution < 1.29 is 4.39 Å². The van der Waals surface area contributed by atoms with Crippen LogP contribution >= 0.6 is 22.6 Å². The van der Waals surface area contributed by atoms with Gasteiger partial charge in [0.25, 0.3) is 0 Å². The van der Waals surface area contributed by atoms with Crippen LogP contribution in [-0.4, -0.2) is 13.1 Å². The van der Waals surface area contributed by atoms with Crippen LogP contribution < -0.4 is 10.6 Å². The quantitative estimate of drug-likeness (QED) is 0.636. The Bertz CT molecular complexity index is 423. The molecule has 4 heteroatoms. The summed E-state index contributed by atoms with van der Waals surface area (Å²) < 4.78 is 14.3. The number of anilines is 2. The smallest absolute Gasteiger partial charge is 0.138 e. The van der Waals surface area contributed by atoms with Crippen molar-refractivity contribution in [2.24, 2.45) is 5.92 Å². The minimum Gasteiger partial charge on any atom is -0.397 e. The molecule has 2 nitrogen and oxygen atoms in total. The van der Waals surface area contributed by atoms with Crippen LogP contribution in [0.4, 0.5) is 15.8 Å². The van der Waals surface area contributed by atoms with Gasteiger partial charge in [-0.3, -0.25) is 0 Å². The van der Waals surface area contributed by atoms with Crippen LogP contribution in [-0.2, 0) is 0 Å². The SMILES string of the molecule is CCC1CCCN(c2cc(F)c(I)cc2N)CC1. The summed E-state index contributed by atoms with van der Waals surface area (Å²) in [4.78, 5) is 2.24. The first-order chi connectivity index (χ1) is 8.61. The second-order valence-corrected chi connectivity index (χ2v) is 6.18. The highest BCUT2D eigenvalue weighted by Crippen LogP contribution is 2.30. The fourth-order valence-corrected chi connectivity index (χ4v) is 3.13. The average Bonchev–Trinajstić information content (AvgIpc) is 2.59. The lowest BCUT2D eigenvalue weighted by Crippen LogP contribution is -2.25. The Labute approximate surface area is 122 Å².